The lowest BCUT2D eigenvalue weighted by Crippen LogP contribution is -2.14. The molecule has 0 aliphatic carbocycles. The molecule has 2 aromatic heterocycles. The van der Waals surface area contributed by atoms with Crippen molar-refractivity contribution in [2.75, 3.05) is 17.7 Å². The van der Waals surface area contributed by atoms with Crippen molar-refractivity contribution in [3.05, 3.63) is 28.9 Å². The zero-order valence-electron chi connectivity index (χ0n) is 9.39. The third-order valence-electron chi connectivity index (χ3n) is 1.98. The van der Waals surface area contributed by atoms with Gasteiger partial charge in [-0.3, -0.25) is 10.1 Å². The van der Waals surface area contributed by atoms with Gasteiger partial charge in [0.2, 0.25) is 5.13 Å². The summed E-state index contributed by atoms with van der Waals surface area (Å²) in [5.41, 5.74) is 0.338. The molecule has 0 radical (unpaired) electrons. The average Bonchev–Trinajstić information content (AvgIpc) is 2.75. The molecular formula is C10H11N5OS. The fourth-order valence-electron chi connectivity index (χ4n) is 1.21. The minimum absolute atomic E-state index is 0.293. The Morgan fingerprint density at radius 3 is 2.82 bits per heavy atom. The van der Waals surface area contributed by atoms with Crippen molar-refractivity contribution in [1.29, 1.82) is 0 Å². The molecule has 2 rings (SSSR count). The molecule has 2 N–H and O–H groups in total. The normalized spacial score (nSPS) is 10.0. The number of pyridine rings is 1. The third kappa shape index (κ3) is 2.76. The van der Waals surface area contributed by atoms with Gasteiger partial charge in [0.25, 0.3) is 5.91 Å². The Morgan fingerprint density at radius 2 is 2.18 bits per heavy atom. The van der Waals surface area contributed by atoms with Gasteiger partial charge in [-0.15, -0.1) is 10.2 Å². The fraction of sp³-hybridized carbons (Fsp3) is 0.200. The summed E-state index contributed by atoms with van der Waals surface area (Å²) < 4.78 is 0. The second-order valence-electron chi connectivity index (χ2n) is 3.24. The number of aromatic nitrogens is 3. The minimum Gasteiger partial charge on any atom is -0.373 e. The molecule has 0 saturated carbocycles. The Bertz CT molecular complexity index is 539. The molecule has 17 heavy (non-hydrogen) atoms. The van der Waals surface area contributed by atoms with Gasteiger partial charge in [-0.25, -0.2) is 4.98 Å². The topological polar surface area (TPSA) is 79.8 Å². The van der Waals surface area contributed by atoms with E-state index in [1.54, 1.807) is 25.2 Å². The summed E-state index contributed by atoms with van der Waals surface area (Å²) in [6.45, 7) is 1.83. The van der Waals surface area contributed by atoms with E-state index in [9.17, 15) is 4.79 Å². The Balaban J connectivity index is 2.14. The molecule has 0 bridgehead atoms. The van der Waals surface area contributed by atoms with Crippen LogP contribution in [-0.2, 0) is 0 Å². The Morgan fingerprint density at radius 1 is 1.35 bits per heavy atom. The van der Waals surface area contributed by atoms with E-state index in [2.05, 4.69) is 25.8 Å². The van der Waals surface area contributed by atoms with Gasteiger partial charge in [-0.2, -0.15) is 0 Å². The zero-order valence-corrected chi connectivity index (χ0v) is 10.2. The number of amides is 1. The van der Waals surface area contributed by atoms with Gasteiger partial charge in [-0.1, -0.05) is 17.4 Å². The van der Waals surface area contributed by atoms with Crippen LogP contribution in [0.25, 0.3) is 0 Å². The molecule has 0 aliphatic heterocycles. The average molecular weight is 249 g/mol. The molecule has 2 heterocycles. The number of hydrogen-bond acceptors (Lipinski definition) is 6. The van der Waals surface area contributed by atoms with Crippen molar-refractivity contribution in [1.82, 2.24) is 15.2 Å². The first kappa shape index (κ1) is 11.5. The van der Waals surface area contributed by atoms with Crippen LogP contribution in [-0.4, -0.2) is 28.1 Å². The fourth-order valence-corrected chi connectivity index (χ4v) is 1.80. The van der Waals surface area contributed by atoms with Crippen molar-refractivity contribution in [2.45, 2.75) is 6.92 Å². The predicted molar refractivity (Wildman–Crippen MR) is 66.4 cm³/mol. The van der Waals surface area contributed by atoms with E-state index in [0.717, 1.165) is 5.01 Å². The maximum absolute atomic E-state index is 11.8. The molecule has 0 atom stereocenters. The highest BCUT2D eigenvalue weighted by Gasteiger charge is 2.10. The highest BCUT2D eigenvalue weighted by Crippen LogP contribution is 2.14. The summed E-state index contributed by atoms with van der Waals surface area (Å²) >= 11 is 1.32. The quantitative estimate of drug-likeness (QED) is 0.862. The van der Waals surface area contributed by atoms with E-state index in [1.165, 1.54) is 11.3 Å². The van der Waals surface area contributed by atoms with Gasteiger partial charge in [0.1, 0.15) is 16.5 Å². The van der Waals surface area contributed by atoms with E-state index in [0.29, 0.717) is 16.6 Å². The van der Waals surface area contributed by atoms with E-state index in [-0.39, 0.29) is 5.91 Å². The predicted octanol–water partition coefficient (Wildman–Crippen LogP) is 1.54. The van der Waals surface area contributed by atoms with Crippen molar-refractivity contribution < 1.29 is 4.79 Å². The molecule has 0 saturated heterocycles. The monoisotopic (exact) mass is 249 g/mol. The molecule has 6 nitrogen and oxygen atoms in total. The zero-order chi connectivity index (χ0) is 12.3. The summed E-state index contributed by atoms with van der Waals surface area (Å²) in [5, 5.41) is 14.4. The lowest BCUT2D eigenvalue weighted by molar-refractivity contribution is 0.102. The molecule has 0 unspecified atom stereocenters. The molecule has 2 aromatic rings. The van der Waals surface area contributed by atoms with Crippen LogP contribution in [0, 0.1) is 6.92 Å². The van der Waals surface area contributed by atoms with Crippen LogP contribution < -0.4 is 10.6 Å². The molecule has 0 aromatic carbocycles. The van der Waals surface area contributed by atoms with E-state index in [4.69, 9.17) is 0 Å². The number of hydrogen-bond donors (Lipinski definition) is 2. The maximum Gasteiger partial charge on any atom is 0.276 e. The van der Waals surface area contributed by atoms with E-state index >= 15 is 0 Å². The number of rotatable bonds is 3. The van der Waals surface area contributed by atoms with Gasteiger partial charge in [-0.05, 0) is 19.1 Å². The number of carbonyl (C=O) groups excluding carboxylic acids is 1. The van der Waals surface area contributed by atoms with Crippen LogP contribution in [0.4, 0.5) is 10.9 Å². The van der Waals surface area contributed by atoms with E-state index in [1.807, 2.05) is 6.92 Å². The third-order valence-corrected chi connectivity index (χ3v) is 2.74. The largest absolute Gasteiger partial charge is 0.373 e. The van der Waals surface area contributed by atoms with Gasteiger partial charge in [0.15, 0.2) is 0 Å². The van der Waals surface area contributed by atoms with Crippen molar-refractivity contribution in [2.24, 2.45) is 0 Å². The number of carbonyl (C=O) groups is 1. The van der Waals surface area contributed by atoms with Crippen LogP contribution in [0.3, 0.4) is 0 Å². The van der Waals surface area contributed by atoms with Gasteiger partial charge in [0.05, 0.1) is 0 Å². The van der Waals surface area contributed by atoms with Crippen molar-refractivity contribution >= 4 is 28.2 Å². The molecule has 88 valence electrons. The van der Waals surface area contributed by atoms with Crippen LogP contribution in [0.5, 0.6) is 0 Å². The SMILES string of the molecule is CNc1cccc(C(=O)Nc2nnc(C)s2)n1. The van der Waals surface area contributed by atoms with Crippen LogP contribution in [0.15, 0.2) is 18.2 Å². The first-order valence-corrected chi connectivity index (χ1v) is 5.77. The first-order chi connectivity index (χ1) is 8.19. The molecule has 0 fully saturated rings. The molecule has 0 aliphatic rings. The smallest absolute Gasteiger partial charge is 0.276 e. The summed E-state index contributed by atoms with van der Waals surface area (Å²) in [6.07, 6.45) is 0. The van der Waals surface area contributed by atoms with Crippen molar-refractivity contribution in [3.63, 3.8) is 0 Å². The molecular weight excluding hydrogens is 238 g/mol. The first-order valence-electron chi connectivity index (χ1n) is 4.95. The Hall–Kier alpha value is -2.02. The summed E-state index contributed by atoms with van der Waals surface area (Å²) in [6, 6.07) is 5.19. The summed E-state index contributed by atoms with van der Waals surface area (Å²) in [5.74, 6) is 0.351. The van der Waals surface area contributed by atoms with Gasteiger partial charge >= 0.3 is 0 Å². The van der Waals surface area contributed by atoms with Crippen LogP contribution >= 0.6 is 11.3 Å². The second kappa shape index (κ2) is 4.88. The minimum atomic E-state index is -0.293. The second-order valence-corrected chi connectivity index (χ2v) is 4.42. The number of nitrogens with zero attached hydrogens (tertiary/aromatic N) is 3. The van der Waals surface area contributed by atoms with Crippen LogP contribution in [0.1, 0.15) is 15.5 Å². The number of nitrogens with one attached hydrogen (secondary N) is 2. The summed E-state index contributed by atoms with van der Waals surface area (Å²) in [4.78, 5) is 16.0. The number of anilines is 2. The van der Waals surface area contributed by atoms with Crippen molar-refractivity contribution in [3.8, 4) is 0 Å². The maximum atomic E-state index is 11.8. The molecule has 7 heteroatoms. The standard InChI is InChI=1S/C10H11N5OS/c1-6-14-15-10(17-6)13-9(16)7-4-3-5-8(11-2)12-7/h3-5H,1-2H3,(H,11,12)(H,13,15,16). The molecule has 1 amide bonds. The Labute approximate surface area is 102 Å². The molecule has 0 spiro atoms. The Kier molecular flexibility index (Phi) is 3.29. The highest BCUT2D eigenvalue weighted by atomic mass is 32.1. The van der Waals surface area contributed by atoms with E-state index < -0.39 is 0 Å². The lowest BCUT2D eigenvalue weighted by atomic mass is 10.3. The highest BCUT2D eigenvalue weighted by molar-refractivity contribution is 7.15. The van der Waals surface area contributed by atoms with Gasteiger partial charge < -0.3 is 5.32 Å². The van der Waals surface area contributed by atoms with Crippen LogP contribution in [0.2, 0.25) is 0 Å². The summed E-state index contributed by atoms with van der Waals surface area (Å²) in [7, 11) is 1.75. The lowest BCUT2D eigenvalue weighted by Gasteiger charge is -2.02. The van der Waals surface area contributed by atoms with Gasteiger partial charge in [0, 0.05) is 7.05 Å². The number of aryl methyl sites for hydroxylation is 1.